The SMILES string of the molecule is C=CCCCC1CCO1. The zero-order valence-electron chi connectivity index (χ0n) is 5.81. The van der Waals surface area contributed by atoms with Crippen molar-refractivity contribution in [2.24, 2.45) is 0 Å². The molecule has 1 aliphatic heterocycles. The van der Waals surface area contributed by atoms with Gasteiger partial charge in [0, 0.05) is 6.61 Å². The van der Waals surface area contributed by atoms with Crippen LogP contribution in [0.15, 0.2) is 12.7 Å². The molecule has 1 rings (SSSR count). The van der Waals surface area contributed by atoms with Crippen molar-refractivity contribution in [3.8, 4) is 0 Å². The number of rotatable bonds is 4. The molecular formula is C8H14O. The fourth-order valence-electron chi connectivity index (χ4n) is 1.00. The quantitative estimate of drug-likeness (QED) is 0.414. The number of ether oxygens (including phenoxy) is 1. The van der Waals surface area contributed by atoms with Gasteiger partial charge in [0.15, 0.2) is 0 Å². The second-order valence-electron chi connectivity index (χ2n) is 2.50. The maximum Gasteiger partial charge on any atom is 0.0597 e. The Balaban J connectivity index is 1.85. The molecule has 1 unspecified atom stereocenters. The number of hydrogen-bond acceptors (Lipinski definition) is 1. The monoisotopic (exact) mass is 126 g/mol. The largest absolute Gasteiger partial charge is 0.378 e. The minimum absolute atomic E-state index is 0.588. The predicted molar refractivity (Wildman–Crippen MR) is 38.4 cm³/mol. The molecule has 1 aliphatic rings. The van der Waals surface area contributed by atoms with Crippen molar-refractivity contribution in [3.05, 3.63) is 12.7 Å². The van der Waals surface area contributed by atoms with Gasteiger partial charge in [-0.05, 0) is 25.7 Å². The van der Waals surface area contributed by atoms with Gasteiger partial charge in [-0.15, -0.1) is 6.58 Å². The lowest BCUT2D eigenvalue weighted by molar-refractivity contribution is -0.0551. The van der Waals surface area contributed by atoms with Gasteiger partial charge < -0.3 is 4.74 Å². The van der Waals surface area contributed by atoms with Crippen LogP contribution < -0.4 is 0 Å². The van der Waals surface area contributed by atoms with E-state index >= 15 is 0 Å². The maximum atomic E-state index is 5.24. The molecule has 1 heterocycles. The van der Waals surface area contributed by atoms with Gasteiger partial charge in [-0.3, -0.25) is 0 Å². The first-order valence-electron chi connectivity index (χ1n) is 3.66. The van der Waals surface area contributed by atoms with Crippen LogP contribution in [0.1, 0.15) is 25.7 Å². The van der Waals surface area contributed by atoms with Crippen LogP contribution in [0.4, 0.5) is 0 Å². The molecule has 1 fully saturated rings. The van der Waals surface area contributed by atoms with Crippen molar-refractivity contribution in [1.29, 1.82) is 0 Å². The van der Waals surface area contributed by atoms with Crippen LogP contribution in [0.5, 0.6) is 0 Å². The van der Waals surface area contributed by atoms with Gasteiger partial charge in [0.05, 0.1) is 6.10 Å². The second kappa shape index (κ2) is 3.67. The van der Waals surface area contributed by atoms with Gasteiger partial charge in [0.25, 0.3) is 0 Å². The van der Waals surface area contributed by atoms with E-state index in [9.17, 15) is 0 Å². The molecule has 9 heavy (non-hydrogen) atoms. The molecule has 1 atom stereocenters. The number of allylic oxidation sites excluding steroid dienone is 1. The molecule has 0 aromatic carbocycles. The van der Waals surface area contributed by atoms with Crippen LogP contribution in [-0.2, 0) is 4.74 Å². The minimum atomic E-state index is 0.588. The molecule has 52 valence electrons. The summed E-state index contributed by atoms with van der Waals surface area (Å²) in [7, 11) is 0. The van der Waals surface area contributed by atoms with Crippen molar-refractivity contribution < 1.29 is 4.74 Å². The fraction of sp³-hybridized carbons (Fsp3) is 0.750. The van der Waals surface area contributed by atoms with E-state index in [1.54, 1.807) is 0 Å². The highest BCUT2D eigenvalue weighted by molar-refractivity contribution is 4.70. The van der Waals surface area contributed by atoms with Gasteiger partial charge in [0.1, 0.15) is 0 Å². The van der Waals surface area contributed by atoms with Crippen LogP contribution in [-0.4, -0.2) is 12.7 Å². The van der Waals surface area contributed by atoms with Crippen LogP contribution >= 0.6 is 0 Å². The van der Waals surface area contributed by atoms with Crippen molar-refractivity contribution >= 4 is 0 Å². The highest BCUT2D eigenvalue weighted by Gasteiger charge is 2.16. The van der Waals surface area contributed by atoms with Crippen LogP contribution in [0.2, 0.25) is 0 Å². The smallest absolute Gasteiger partial charge is 0.0597 e. The van der Waals surface area contributed by atoms with E-state index in [-0.39, 0.29) is 0 Å². The molecule has 0 aromatic heterocycles. The molecule has 0 saturated carbocycles. The van der Waals surface area contributed by atoms with Crippen LogP contribution in [0, 0.1) is 0 Å². The molecule has 0 radical (unpaired) electrons. The second-order valence-corrected chi connectivity index (χ2v) is 2.50. The molecular weight excluding hydrogens is 112 g/mol. The lowest BCUT2D eigenvalue weighted by Gasteiger charge is -2.25. The summed E-state index contributed by atoms with van der Waals surface area (Å²) in [5, 5.41) is 0. The van der Waals surface area contributed by atoms with Gasteiger partial charge >= 0.3 is 0 Å². The summed E-state index contributed by atoms with van der Waals surface area (Å²) in [5.74, 6) is 0. The van der Waals surface area contributed by atoms with E-state index < -0.39 is 0 Å². The molecule has 0 N–H and O–H groups in total. The first kappa shape index (κ1) is 6.81. The van der Waals surface area contributed by atoms with Gasteiger partial charge in [-0.1, -0.05) is 6.08 Å². The highest BCUT2D eigenvalue weighted by atomic mass is 16.5. The Hall–Kier alpha value is -0.300. The molecule has 0 bridgehead atoms. The molecule has 1 nitrogen and oxygen atoms in total. The molecule has 0 aromatic rings. The Bertz CT molecular complexity index is 84.6. The zero-order chi connectivity index (χ0) is 6.53. The average Bonchev–Trinajstić information content (AvgIpc) is 1.76. The third kappa shape index (κ3) is 2.19. The van der Waals surface area contributed by atoms with Gasteiger partial charge in [-0.2, -0.15) is 0 Å². The normalized spacial score (nSPS) is 25.1. The van der Waals surface area contributed by atoms with E-state index in [0.29, 0.717) is 6.10 Å². The van der Waals surface area contributed by atoms with Crippen molar-refractivity contribution in [2.75, 3.05) is 6.61 Å². The van der Waals surface area contributed by atoms with Gasteiger partial charge in [-0.25, -0.2) is 0 Å². The van der Waals surface area contributed by atoms with E-state index in [1.165, 1.54) is 19.3 Å². The number of unbranched alkanes of at least 4 members (excludes halogenated alkanes) is 1. The lowest BCUT2D eigenvalue weighted by atomic mass is 10.1. The third-order valence-corrected chi connectivity index (χ3v) is 1.73. The molecule has 0 spiro atoms. The number of hydrogen-bond donors (Lipinski definition) is 0. The Morgan fingerprint density at radius 3 is 2.89 bits per heavy atom. The van der Waals surface area contributed by atoms with Crippen molar-refractivity contribution in [1.82, 2.24) is 0 Å². The van der Waals surface area contributed by atoms with E-state index in [0.717, 1.165) is 13.0 Å². The van der Waals surface area contributed by atoms with Crippen molar-refractivity contribution in [2.45, 2.75) is 31.8 Å². The Kier molecular flexibility index (Phi) is 2.78. The summed E-state index contributed by atoms with van der Waals surface area (Å²) in [4.78, 5) is 0. The summed E-state index contributed by atoms with van der Waals surface area (Å²) in [6.45, 7) is 4.65. The molecule has 1 saturated heterocycles. The summed E-state index contributed by atoms with van der Waals surface area (Å²) < 4.78 is 5.24. The Morgan fingerprint density at radius 2 is 2.44 bits per heavy atom. The highest BCUT2D eigenvalue weighted by Crippen LogP contribution is 2.16. The Labute approximate surface area is 56.7 Å². The van der Waals surface area contributed by atoms with E-state index in [2.05, 4.69) is 6.58 Å². The minimum Gasteiger partial charge on any atom is -0.378 e. The third-order valence-electron chi connectivity index (χ3n) is 1.73. The maximum absolute atomic E-state index is 5.24. The molecule has 0 aliphatic carbocycles. The van der Waals surface area contributed by atoms with Gasteiger partial charge in [0.2, 0.25) is 0 Å². The topological polar surface area (TPSA) is 9.23 Å². The first-order chi connectivity index (χ1) is 4.43. The average molecular weight is 126 g/mol. The molecule has 1 heteroatoms. The summed E-state index contributed by atoms with van der Waals surface area (Å²) in [6, 6.07) is 0. The Morgan fingerprint density at radius 1 is 1.67 bits per heavy atom. The first-order valence-corrected chi connectivity index (χ1v) is 3.66. The zero-order valence-corrected chi connectivity index (χ0v) is 5.81. The predicted octanol–water partition coefficient (Wildman–Crippen LogP) is 2.13. The van der Waals surface area contributed by atoms with E-state index in [4.69, 9.17) is 4.74 Å². The van der Waals surface area contributed by atoms with Crippen molar-refractivity contribution in [3.63, 3.8) is 0 Å². The summed E-state index contributed by atoms with van der Waals surface area (Å²) in [5.41, 5.74) is 0. The summed E-state index contributed by atoms with van der Waals surface area (Å²) >= 11 is 0. The lowest BCUT2D eigenvalue weighted by Crippen LogP contribution is -2.26. The molecule has 0 amide bonds. The summed E-state index contributed by atoms with van der Waals surface area (Å²) in [6.07, 6.45) is 7.44. The standard InChI is InChI=1S/C8H14O/c1-2-3-4-5-8-6-7-9-8/h2,8H,1,3-7H2. The van der Waals surface area contributed by atoms with E-state index in [1.807, 2.05) is 6.08 Å². The van der Waals surface area contributed by atoms with Crippen LogP contribution in [0.3, 0.4) is 0 Å². The van der Waals surface area contributed by atoms with Crippen LogP contribution in [0.25, 0.3) is 0 Å². The fourth-order valence-corrected chi connectivity index (χ4v) is 1.00.